The van der Waals surface area contributed by atoms with Gasteiger partial charge in [0, 0.05) is 19.3 Å². The van der Waals surface area contributed by atoms with Crippen molar-refractivity contribution < 1.29 is 19.4 Å². The van der Waals surface area contributed by atoms with Crippen LogP contribution < -0.4 is 0 Å². The first-order valence-corrected chi connectivity index (χ1v) is 7.68. The second-order valence-electron chi connectivity index (χ2n) is 5.57. The van der Waals surface area contributed by atoms with Crippen LogP contribution in [0, 0.1) is 6.92 Å². The molecule has 1 aliphatic carbocycles. The van der Waals surface area contributed by atoms with Crippen molar-refractivity contribution in [2.45, 2.75) is 39.0 Å². The number of methoxy groups -OCH3 is 1. The molecule has 0 radical (unpaired) electrons. The smallest absolute Gasteiger partial charge is 0.305 e. The second-order valence-corrected chi connectivity index (χ2v) is 5.57. The Morgan fingerprint density at radius 1 is 1.22 bits per heavy atom. The molecule has 0 aromatic heterocycles. The minimum absolute atomic E-state index is 0.0666. The van der Waals surface area contributed by atoms with Gasteiger partial charge < -0.3 is 9.84 Å². The minimum atomic E-state index is -0.370. The zero-order valence-corrected chi connectivity index (χ0v) is 13.5. The molecule has 2 rings (SSSR count). The number of ketones is 1. The Bertz CT molecular complexity index is 656. The molecule has 5 heteroatoms. The fourth-order valence-corrected chi connectivity index (χ4v) is 2.49. The third-order valence-corrected chi connectivity index (χ3v) is 3.77. The van der Waals surface area contributed by atoms with E-state index in [9.17, 15) is 14.7 Å². The lowest BCUT2D eigenvalue weighted by atomic mass is 9.91. The van der Waals surface area contributed by atoms with Crippen LogP contribution in [0.25, 0.3) is 0 Å². The number of ether oxygens (including phenoxy) is 1. The Kier molecular flexibility index (Phi) is 5.68. The number of aryl methyl sites for hydroxylation is 1. The van der Waals surface area contributed by atoms with Crippen molar-refractivity contribution in [1.82, 2.24) is 0 Å². The topological polar surface area (TPSA) is 76.0 Å². The predicted molar refractivity (Wildman–Crippen MR) is 88.0 cm³/mol. The molecule has 0 spiro atoms. The second kappa shape index (κ2) is 7.72. The highest BCUT2D eigenvalue weighted by atomic mass is 16.5. The van der Waals surface area contributed by atoms with Gasteiger partial charge in [-0.2, -0.15) is 0 Å². The summed E-state index contributed by atoms with van der Waals surface area (Å²) in [6.45, 7) is 1.98. The molecule has 0 amide bonds. The fraction of sp³-hybridized carbons (Fsp3) is 0.389. The zero-order valence-electron chi connectivity index (χ0n) is 13.5. The molecule has 0 fully saturated rings. The first-order chi connectivity index (χ1) is 11.0. The fourth-order valence-electron chi connectivity index (χ4n) is 2.49. The first kappa shape index (κ1) is 16.9. The number of esters is 1. The van der Waals surface area contributed by atoms with Gasteiger partial charge in [-0.05, 0) is 25.5 Å². The van der Waals surface area contributed by atoms with Crippen molar-refractivity contribution in [3.8, 4) is 0 Å². The highest BCUT2D eigenvalue weighted by molar-refractivity contribution is 6.23. The number of allylic oxidation sites excluding steroid dienone is 2. The molecule has 1 aliphatic rings. The van der Waals surface area contributed by atoms with Gasteiger partial charge >= 0.3 is 5.97 Å². The van der Waals surface area contributed by atoms with Crippen LogP contribution in [-0.4, -0.2) is 29.7 Å². The van der Waals surface area contributed by atoms with Crippen molar-refractivity contribution in [2.75, 3.05) is 7.11 Å². The lowest BCUT2D eigenvalue weighted by molar-refractivity contribution is -0.140. The number of aliphatic hydroxyl groups is 1. The SMILES string of the molecule is COC(=O)CCC(=Nc1ccc(C)cc1)C1=C(O)CCCC1=O. The lowest BCUT2D eigenvalue weighted by Crippen LogP contribution is -2.20. The summed E-state index contributed by atoms with van der Waals surface area (Å²) in [5.41, 5.74) is 2.51. The van der Waals surface area contributed by atoms with Gasteiger partial charge in [0.05, 0.1) is 30.5 Å². The monoisotopic (exact) mass is 315 g/mol. The quantitative estimate of drug-likeness (QED) is 0.665. The van der Waals surface area contributed by atoms with Crippen LogP contribution in [0.15, 0.2) is 40.6 Å². The molecule has 23 heavy (non-hydrogen) atoms. The Labute approximate surface area is 135 Å². The summed E-state index contributed by atoms with van der Waals surface area (Å²) in [6, 6.07) is 7.54. The molecule has 0 unspecified atom stereocenters. The van der Waals surface area contributed by atoms with Gasteiger partial charge in [0.2, 0.25) is 0 Å². The van der Waals surface area contributed by atoms with Gasteiger partial charge in [0.25, 0.3) is 0 Å². The van der Waals surface area contributed by atoms with Gasteiger partial charge in [-0.25, -0.2) is 0 Å². The number of rotatable bonds is 5. The van der Waals surface area contributed by atoms with Gasteiger partial charge in [-0.3, -0.25) is 14.6 Å². The van der Waals surface area contributed by atoms with E-state index in [1.54, 1.807) is 0 Å². The summed E-state index contributed by atoms with van der Waals surface area (Å²) in [7, 11) is 1.32. The standard InChI is InChI=1S/C18H21NO4/c1-12-6-8-13(9-7-12)19-14(10-11-17(22)23-2)18-15(20)4-3-5-16(18)21/h6-9,20H,3-5,10-11H2,1-2H3. The maximum absolute atomic E-state index is 12.2. The summed E-state index contributed by atoms with van der Waals surface area (Å²) in [4.78, 5) is 28.1. The Hall–Kier alpha value is -2.43. The van der Waals surface area contributed by atoms with Crippen LogP contribution in [-0.2, 0) is 14.3 Å². The van der Waals surface area contributed by atoms with Crippen molar-refractivity contribution in [3.05, 3.63) is 41.2 Å². The number of Topliss-reactive ketones (excluding diaryl/α,β-unsaturated/α-hetero) is 1. The molecule has 122 valence electrons. The largest absolute Gasteiger partial charge is 0.511 e. The average molecular weight is 315 g/mol. The van der Waals surface area contributed by atoms with E-state index in [1.165, 1.54) is 7.11 Å². The highest BCUT2D eigenvalue weighted by Gasteiger charge is 2.25. The van der Waals surface area contributed by atoms with E-state index >= 15 is 0 Å². The number of benzene rings is 1. The summed E-state index contributed by atoms with van der Waals surface area (Å²) < 4.78 is 4.65. The van der Waals surface area contributed by atoms with E-state index < -0.39 is 0 Å². The third-order valence-electron chi connectivity index (χ3n) is 3.77. The van der Waals surface area contributed by atoms with Crippen LogP contribution in [0.2, 0.25) is 0 Å². The Balaban J connectivity index is 2.36. The van der Waals surface area contributed by atoms with Gasteiger partial charge in [-0.1, -0.05) is 17.7 Å². The van der Waals surface area contributed by atoms with Gasteiger partial charge in [0.15, 0.2) is 5.78 Å². The zero-order chi connectivity index (χ0) is 16.8. The predicted octanol–water partition coefficient (Wildman–Crippen LogP) is 3.59. The number of hydrogen-bond acceptors (Lipinski definition) is 5. The van der Waals surface area contributed by atoms with E-state index in [4.69, 9.17) is 0 Å². The lowest BCUT2D eigenvalue weighted by Gasteiger charge is -2.17. The van der Waals surface area contributed by atoms with Crippen LogP contribution in [0.5, 0.6) is 0 Å². The van der Waals surface area contributed by atoms with E-state index in [-0.39, 0.29) is 35.9 Å². The molecule has 5 nitrogen and oxygen atoms in total. The number of carbonyl (C=O) groups excluding carboxylic acids is 2. The molecule has 1 aromatic rings. The summed E-state index contributed by atoms with van der Waals surface area (Å²) in [5.74, 6) is -0.425. The number of nitrogens with zero attached hydrogens (tertiary/aromatic N) is 1. The van der Waals surface area contributed by atoms with E-state index in [1.807, 2.05) is 31.2 Å². The van der Waals surface area contributed by atoms with Crippen molar-refractivity contribution in [2.24, 2.45) is 4.99 Å². The first-order valence-electron chi connectivity index (χ1n) is 7.68. The maximum atomic E-state index is 12.2. The third kappa shape index (κ3) is 4.52. The Morgan fingerprint density at radius 2 is 1.91 bits per heavy atom. The van der Waals surface area contributed by atoms with Crippen molar-refractivity contribution in [3.63, 3.8) is 0 Å². The van der Waals surface area contributed by atoms with Crippen LogP contribution in [0.4, 0.5) is 5.69 Å². The maximum Gasteiger partial charge on any atom is 0.305 e. The van der Waals surface area contributed by atoms with Gasteiger partial charge in [-0.15, -0.1) is 0 Å². The van der Waals surface area contributed by atoms with E-state index in [0.29, 0.717) is 30.7 Å². The molecule has 0 heterocycles. The van der Waals surface area contributed by atoms with Crippen LogP contribution in [0.1, 0.15) is 37.7 Å². The van der Waals surface area contributed by atoms with Crippen LogP contribution in [0.3, 0.4) is 0 Å². The molecule has 1 aromatic carbocycles. The average Bonchev–Trinajstić information content (AvgIpc) is 2.53. The van der Waals surface area contributed by atoms with E-state index in [0.717, 1.165) is 5.56 Å². The number of aliphatic hydroxyl groups excluding tert-OH is 1. The normalized spacial score (nSPS) is 15.7. The minimum Gasteiger partial charge on any atom is -0.511 e. The summed E-state index contributed by atoms with van der Waals surface area (Å²) >= 11 is 0. The summed E-state index contributed by atoms with van der Waals surface area (Å²) in [6.07, 6.45) is 1.87. The van der Waals surface area contributed by atoms with Crippen molar-refractivity contribution in [1.29, 1.82) is 0 Å². The van der Waals surface area contributed by atoms with Crippen molar-refractivity contribution >= 4 is 23.2 Å². The number of hydrogen-bond donors (Lipinski definition) is 1. The number of carbonyl (C=O) groups is 2. The number of aliphatic imine (C=N–C) groups is 1. The molecular weight excluding hydrogens is 294 g/mol. The highest BCUT2D eigenvalue weighted by Crippen LogP contribution is 2.25. The molecule has 1 N–H and O–H groups in total. The molecule has 0 saturated carbocycles. The molecular formula is C18H21NO4. The Morgan fingerprint density at radius 3 is 2.52 bits per heavy atom. The molecule has 0 saturated heterocycles. The molecule has 0 bridgehead atoms. The summed E-state index contributed by atoms with van der Waals surface area (Å²) in [5, 5.41) is 10.1. The van der Waals surface area contributed by atoms with Gasteiger partial charge in [0.1, 0.15) is 5.76 Å². The molecule has 0 atom stereocenters. The van der Waals surface area contributed by atoms with E-state index in [2.05, 4.69) is 9.73 Å². The molecule has 0 aliphatic heterocycles. The van der Waals surface area contributed by atoms with Crippen LogP contribution >= 0.6 is 0 Å².